The van der Waals surface area contributed by atoms with Crippen LogP contribution in [0.5, 0.6) is 0 Å². The van der Waals surface area contributed by atoms with Crippen LogP contribution in [0.3, 0.4) is 0 Å². The van der Waals surface area contributed by atoms with Crippen LogP contribution in [0, 0.1) is 6.92 Å². The van der Waals surface area contributed by atoms with E-state index in [1.54, 1.807) is 0 Å². The maximum absolute atomic E-state index is 11.9. The van der Waals surface area contributed by atoms with Crippen LogP contribution in [0.25, 0.3) is 0 Å². The summed E-state index contributed by atoms with van der Waals surface area (Å²) in [6, 6.07) is 6.14. The number of halogens is 2. The van der Waals surface area contributed by atoms with Crippen LogP contribution in [-0.2, 0) is 11.3 Å². The molecule has 1 aromatic carbocycles. The number of anilines is 1. The molecule has 3 N–H and O–H groups in total. The van der Waals surface area contributed by atoms with Crippen LogP contribution >= 0.6 is 24.8 Å². The number of carbonyl (C=O) groups is 1. The number of carbonyl (C=O) groups excluding carboxylic acids is 1. The standard InChI is InChI=1S/C14H21N3O.2ClH/c1-10-4-5-11(9-17(2)3)8-12(10)16-13(18)14(15)6-7-14;;/h4-5,8H,6-7,9,15H2,1-3H3,(H,16,18);2*1H. The first-order chi connectivity index (χ1) is 8.40. The third-order valence-corrected chi connectivity index (χ3v) is 3.29. The summed E-state index contributed by atoms with van der Waals surface area (Å²) in [5.74, 6) is -0.0624. The Labute approximate surface area is 132 Å². The largest absolute Gasteiger partial charge is 0.324 e. The van der Waals surface area contributed by atoms with Crippen LogP contribution < -0.4 is 11.1 Å². The molecule has 0 bridgehead atoms. The quantitative estimate of drug-likeness (QED) is 0.895. The number of hydrogen-bond donors (Lipinski definition) is 2. The normalized spacial score (nSPS) is 15.1. The number of nitrogens with two attached hydrogens (primary N) is 1. The molecule has 0 radical (unpaired) electrons. The van der Waals surface area contributed by atoms with Gasteiger partial charge in [-0.3, -0.25) is 4.79 Å². The van der Waals surface area contributed by atoms with Crippen LogP contribution in [0.1, 0.15) is 24.0 Å². The van der Waals surface area contributed by atoms with E-state index in [-0.39, 0.29) is 30.7 Å². The minimum absolute atomic E-state index is 0. The predicted molar refractivity (Wildman–Crippen MR) is 87.8 cm³/mol. The van der Waals surface area contributed by atoms with E-state index in [9.17, 15) is 4.79 Å². The Morgan fingerprint density at radius 1 is 1.35 bits per heavy atom. The fourth-order valence-electron chi connectivity index (χ4n) is 1.88. The second-order valence-corrected chi connectivity index (χ2v) is 5.50. The third-order valence-electron chi connectivity index (χ3n) is 3.29. The molecule has 1 saturated carbocycles. The van der Waals surface area contributed by atoms with Crippen molar-refractivity contribution in [3.8, 4) is 0 Å². The van der Waals surface area contributed by atoms with Gasteiger partial charge in [-0.05, 0) is 51.1 Å². The molecule has 0 saturated heterocycles. The molecule has 0 atom stereocenters. The molecule has 2 rings (SSSR count). The number of nitrogens with one attached hydrogen (secondary N) is 1. The monoisotopic (exact) mass is 319 g/mol. The summed E-state index contributed by atoms with van der Waals surface area (Å²) in [4.78, 5) is 14.0. The first kappa shape index (κ1) is 19.2. The Morgan fingerprint density at radius 3 is 2.45 bits per heavy atom. The SMILES string of the molecule is Cc1ccc(CN(C)C)cc1NC(=O)C1(N)CC1.Cl.Cl. The van der Waals surface area contributed by atoms with Crippen molar-refractivity contribution in [2.45, 2.75) is 31.8 Å². The molecule has 1 aliphatic rings. The van der Waals surface area contributed by atoms with Gasteiger partial charge in [0, 0.05) is 12.2 Å². The Morgan fingerprint density at radius 2 is 1.95 bits per heavy atom. The Hall–Kier alpha value is -0.810. The lowest BCUT2D eigenvalue weighted by Gasteiger charge is -2.15. The highest BCUT2D eigenvalue weighted by Crippen LogP contribution is 2.33. The molecule has 0 aliphatic heterocycles. The molecule has 0 heterocycles. The van der Waals surface area contributed by atoms with E-state index >= 15 is 0 Å². The van der Waals surface area contributed by atoms with Gasteiger partial charge in [0.05, 0.1) is 5.54 Å². The molecule has 1 amide bonds. The Kier molecular flexibility index (Phi) is 6.98. The lowest BCUT2D eigenvalue weighted by Crippen LogP contribution is -2.38. The van der Waals surface area contributed by atoms with Crippen molar-refractivity contribution in [1.29, 1.82) is 0 Å². The van der Waals surface area contributed by atoms with Gasteiger partial charge in [0.1, 0.15) is 0 Å². The molecule has 0 spiro atoms. The maximum Gasteiger partial charge on any atom is 0.244 e. The van der Waals surface area contributed by atoms with Crippen molar-refractivity contribution < 1.29 is 4.79 Å². The lowest BCUT2D eigenvalue weighted by atomic mass is 10.1. The van der Waals surface area contributed by atoms with Crippen LogP contribution in [0.15, 0.2) is 18.2 Å². The van der Waals surface area contributed by atoms with Crippen molar-refractivity contribution in [2.75, 3.05) is 19.4 Å². The van der Waals surface area contributed by atoms with Crippen molar-refractivity contribution in [1.82, 2.24) is 4.90 Å². The summed E-state index contributed by atoms with van der Waals surface area (Å²) in [5, 5.41) is 2.94. The number of hydrogen-bond acceptors (Lipinski definition) is 3. The van der Waals surface area contributed by atoms with Crippen molar-refractivity contribution >= 4 is 36.4 Å². The third kappa shape index (κ3) is 4.63. The second-order valence-electron chi connectivity index (χ2n) is 5.50. The summed E-state index contributed by atoms with van der Waals surface area (Å²) < 4.78 is 0. The molecule has 1 aliphatic carbocycles. The number of rotatable bonds is 4. The molecular weight excluding hydrogens is 297 g/mol. The van der Waals surface area contributed by atoms with Gasteiger partial charge in [-0.25, -0.2) is 0 Å². The van der Waals surface area contributed by atoms with Crippen LogP contribution in [0.4, 0.5) is 5.69 Å². The molecule has 1 aromatic rings. The van der Waals surface area contributed by atoms with Crippen molar-refractivity contribution in [2.24, 2.45) is 5.73 Å². The topological polar surface area (TPSA) is 58.4 Å². The van der Waals surface area contributed by atoms with Crippen molar-refractivity contribution in [3.63, 3.8) is 0 Å². The first-order valence-electron chi connectivity index (χ1n) is 6.25. The van der Waals surface area contributed by atoms with Crippen molar-refractivity contribution in [3.05, 3.63) is 29.3 Å². The minimum Gasteiger partial charge on any atom is -0.324 e. The molecule has 6 heteroatoms. The van der Waals surface area contributed by atoms with Gasteiger partial charge in [-0.15, -0.1) is 24.8 Å². The van der Waals surface area contributed by atoms with Gasteiger partial charge >= 0.3 is 0 Å². The van der Waals surface area contributed by atoms with E-state index in [1.807, 2.05) is 33.2 Å². The molecule has 0 unspecified atom stereocenters. The van der Waals surface area contributed by atoms with Gasteiger partial charge in [0.2, 0.25) is 5.91 Å². The molecule has 114 valence electrons. The number of amides is 1. The zero-order valence-corrected chi connectivity index (χ0v) is 13.7. The second kappa shape index (κ2) is 7.27. The number of nitrogens with zero attached hydrogens (tertiary/aromatic N) is 1. The zero-order chi connectivity index (χ0) is 13.3. The van der Waals surface area contributed by atoms with E-state index < -0.39 is 5.54 Å². The van der Waals surface area contributed by atoms with E-state index in [1.165, 1.54) is 5.56 Å². The molecule has 4 nitrogen and oxygen atoms in total. The summed E-state index contributed by atoms with van der Waals surface area (Å²) in [6.07, 6.45) is 1.57. The van der Waals surface area contributed by atoms with E-state index in [0.29, 0.717) is 0 Å². The van der Waals surface area contributed by atoms with E-state index in [0.717, 1.165) is 30.6 Å². The Balaban J connectivity index is 0.00000180. The molecular formula is C14H23Cl2N3O. The average molecular weight is 320 g/mol. The van der Waals surface area contributed by atoms with Gasteiger partial charge < -0.3 is 16.0 Å². The molecule has 1 fully saturated rings. The summed E-state index contributed by atoms with van der Waals surface area (Å²) in [5.41, 5.74) is 8.38. The highest BCUT2D eigenvalue weighted by Gasteiger charge is 2.46. The highest BCUT2D eigenvalue weighted by molar-refractivity contribution is 6.00. The summed E-state index contributed by atoms with van der Waals surface area (Å²) in [6.45, 7) is 2.85. The highest BCUT2D eigenvalue weighted by atomic mass is 35.5. The predicted octanol–water partition coefficient (Wildman–Crippen LogP) is 2.33. The van der Waals surface area contributed by atoms with Gasteiger partial charge in [0.15, 0.2) is 0 Å². The summed E-state index contributed by atoms with van der Waals surface area (Å²) in [7, 11) is 4.05. The van der Waals surface area contributed by atoms with E-state index in [2.05, 4.69) is 16.3 Å². The zero-order valence-electron chi connectivity index (χ0n) is 12.1. The van der Waals surface area contributed by atoms with Crippen LogP contribution in [-0.4, -0.2) is 30.4 Å². The van der Waals surface area contributed by atoms with Crippen LogP contribution in [0.2, 0.25) is 0 Å². The van der Waals surface area contributed by atoms with Gasteiger partial charge in [-0.2, -0.15) is 0 Å². The van der Waals surface area contributed by atoms with Gasteiger partial charge in [0.25, 0.3) is 0 Å². The fourth-order valence-corrected chi connectivity index (χ4v) is 1.88. The van der Waals surface area contributed by atoms with Gasteiger partial charge in [-0.1, -0.05) is 12.1 Å². The Bertz CT molecular complexity index is 473. The number of aryl methyl sites for hydroxylation is 1. The summed E-state index contributed by atoms with van der Waals surface area (Å²) >= 11 is 0. The maximum atomic E-state index is 11.9. The molecule has 20 heavy (non-hydrogen) atoms. The first-order valence-corrected chi connectivity index (χ1v) is 6.25. The number of benzene rings is 1. The smallest absolute Gasteiger partial charge is 0.244 e. The molecule has 0 aromatic heterocycles. The van der Waals surface area contributed by atoms with E-state index in [4.69, 9.17) is 5.73 Å². The lowest BCUT2D eigenvalue weighted by molar-refractivity contribution is -0.118. The average Bonchev–Trinajstić information content (AvgIpc) is 3.02. The minimum atomic E-state index is -0.621. The fraction of sp³-hybridized carbons (Fsp3) is 0.500.